The van der Waals surface area contributed by atoms with Gasteiger partial charge in [-0.1, -0.05) is 6.42 Å². The standard InChI is InChI=1S/C23H30F6N4O2/c24-22(25,26)17-12-16(13-18(14-17)23(27,28)29)21(35)33-6-4-30(5-7-33)15-20(34)32-10-8-31(9-11-32)19-2-1-3-19/h12-14,19,21,35H,1-11,15H2. The number of carbonyl (C=O) groups excluding carboxylic acids is 1. The Morgan fingerprint density at radius 3 is 1.86 bits per heavy atom. The van der Waals surface area contributed by atoms with Crippen LogP contribution >= 0.6 is 0 Å². The molecule has 2 heterocycles. The summed E-state index contributed by atoms with van der Waals surface area (Å²) in [5.74, 6) is 0.0138. The van der Waals surface area contributed by atoms with Gasteiger partial charge in [-0.15, -0.1) is 0 Å². The van der Waals surface area contributed by atoms with Crippen molar-refractivity contribution in [3.8, 4) is 0 Å². The smallest absolute Gasteiger partial charge is 0.374 e. The molecule has 1 unspecified atom stereocenters. The molecule has 1 atom stereocenters. The predicted octanol–water partition coefficient (Wildman–Crippen LogP) is 3.03. The average molecular weight is 509 g/mol. The number of piperazine rings is 2. The number of carbonyl (C=O) groups is 1. The molecule has 1 aromatic rings. The predicted molar refractivity (Wildman–Crippen MR) is 115 cm³/mol. The zero-order chi connectivity index (χ0) is 25.4. The quantitative estimate of drug-likeness (QED) is 0.620. The number of hydrogen-bond donors (Lipinski definition) is 1. The lowest BCUT2D eigenvalue weighted by atomic mass is 9.91. The second-order valence-electron chi connectivity index (χ2n) is 9.53. The molecule has 12 heteroatoms. The van der Waals surface area contributed by atoms with Crippen molar-refractivity contribution in [1.82, 2.24) is 19.6 Å². The number of benzene rings is 1. The number of rotatable bonds is 5. The van der Waals surface area contributed by atoms with Crippen LogP contribution in [0, 0.1) is 0 Å². The molecule has 0 aromatic heterocycles. The highest BCUT2D eigenvalue weighted by Crippen LogP contribution is 2.38. The maximum atomic E-state index is 13.1. The molecule has 0 spiro atoms. The van der Waals surface area contributed by atoms with E-state index in [1.165, 1.54) is 24.2 Å². The van der Waals surface area contributed by atoms with Crippen LogP contribution in [-0.4, -0.2) is 95.6 Å². The van der Waals surface area contributed by atoms with Crippen LogP contribution < -0.4 is 0 Å². The van der Waals surface area contributed by atoms with Gasteiger partial charge in [-0.3, -0.25) is 19.5 Å². The number of nitrogens with zero attached hydrogens (tertiary/aromatic N) is 4. The molecule has 35 heavy (non-hydrogen) atoms. The summed E-state index contributed by atoms with van der Waals surface area (Å²) < 4.78 is 78.9. The summed E-state index contributed by atoms with van der Waals surface area (Å²) in [6.45, 7) is 4.47. The normalized spacial score (nSPS) is 22.8. The minimum absolute atomic E-state index is 0.0138. The van der Waals surface area contributed by atoms with Gasteiger partial charge in [0.2, 0.25) is 5.91 Å². The van der Waals surface area contributed by atoms with E-state index in [1.807, 2.05) is 9.80 Å². The number of alkyl halides is 6. The Balaban J connectivity index is 1.31. The number of halogens is 6. The summed E-state index contributed by atoms with van der Waals surface area (Å²) >= 11 is 0. The van der Waals surface area contributed by atoms with E-state index in [0.29, 0.717) is 44.4 Å². The van der Waals surface area contributed by atoms with Gasteiger partial charge < -0.3 is 10.0 Å². The molecule has 1 aliphatic carbocycles. The van der Waals surface area contributed by atoms with E-state index in [9.17, 15) is 36.2 Å². The van der Waals surface area contributed by atoms with E-state index < -0.39 is 35.3 Å². The first kappa shape index (κ1) is 26.2. The lowest BCUT2D eigenvalue weighted by Gasteiger charge is -2.43. The minimum atomic E-state index is -4.97. The summed E-state index contributed by atoms with van der Waals surface area (Å²) in [5, 5.41) is 10.6. The lowest BCUT2D eigenvalue weighted by Crippen LogP contribution is -2.56. The fourth-order valence-corrected chi connectivity index (χ4v) is 4.88. The van der Waals surface area contributed by atoms with Gasteiger partial charge in [0.1, 0.15) is 6.23 Å². The zero-order valence-electron chi connectivity index (χ0n) is 19.3. The molecule has 2 saturated heterocycles. The van der Waals surface area contributed by atoms with Crippen LogP contribution in [0.15, 0.2) is 18.2 Å². The molecule has 3 fully saturated rings. The van der Waals surface area contributed by atoms with E-state index in [-0.39, 0.29) is 31.6 Å². The molecule has 196 valence electrons. The molecular formula is C23H30F6N4O2. The monoisotopic (exact) mass is 508 g/mol. The number of aliphatic hydroxyl groups excluding tert-OH is 1. The van der Waals surface area contributed by atoms with Crippen LogP contribution in [-0.2, 0) is 17.1 Å². The molecule has 0 bridgehead atoms. The molecule has 1 saturated carbocycles. The first-order valence-electron chi connectivity index (χ1n) is 11.9. The Bertz CT molecular complexity index is 857. The highest BCUT2D eigenvalue weighted by Gasteiger charge is 2.38. The first-order chi connectivity index (χ1) is 16.4. The molecule has 1 aromatic carbocycles. The molecule has 2 aliphatic heterocycles. The molecule has 0 radical (unpaired) electrons. The molecule has 6 nitrogen and oxygen atoms in total. The van der Waals surface area contributed by atoms with Gasteiger partial charge in [0.15, 0.2) is 0 Å². The largest absolute Gasteiger partial charge is 0.416 e. The fourth-order valence-electron chi connectivity index (χ4n) is 4.88. The summed E-state index contributed by atoms with van der Waals surface area (Å²) in [6, 6.07) is 1.81. The zero-order valence-corrected chi connectivity index (χ0v) is 19.3. The Morgan fingerprint density at radius 1 is 0.857 bits per heavy atom. The van der Waals surface area contributed by atoms with Gasteiger partial charge in [-0.25, -0.2) is 0 Å². The van der Waals surface area contributed by atoms with Crippen molar-refractivity contribution >= 4 is 5.91 Å². The summed E-state index contributed by atoms with van der Waals surface area (Å²) in [6.07, 6.45) is -7.85. The van der Waals surface area contributed by atoms with Gasteiger partial charge in [0.05, 0.1) is 17.7 Å². The van der Waals surface area contributed by atoms with Crippen molar-refractivity contribution < 1.29 is 36.2 Å². The van der Waals surface area contributed by atoms with Gasteiger partial charge in [0.25, 0.3) is 0 Å². The van der Waals surface area contributed by atoms with Crippen molar-refractivity contribution in [2.24, 2.45) is 0 Å². The summed E-state index contributed by atoms with van der Waals surface area (Å²) in [7, 11) is 0. The van der Waals surface area contributed by atoms with E-state index >= 15 is 0 Å². The van der Waals surface area contributed by atoms with Gasteiger partial charge in [-0.2, -0.15) is 26.3 Å². The maximum Gasteiger partial charge on any atom is 0.416 e. The highest BCUT2D eigenvalue weighted by molar-refractivity contribution is 5.78. The number of hydrogen-bond acceptors (Lipinski definition) is 5. The van der Waals surface area contributed by atoms with Crippen LogP contribution in [0.5, 0.6) is 0 Å². The third-order valence-corrected chi connectivity index (χ3v) is 7.28. The average Bonchev–Trinajstić information content (AvgIpc) is 2.77. The molecule has 4 rings (SSSR count). The van der Waals surface area contributed by atoms with Crippen LogP contribution in [0.25, 0.3) is 0 Å². The van der Waals surface area contributed by atoms with Crippen molar-refractivity contribution in [2.45, 2.75) is 43.9 Å². The van der Waals surface area contributed by atoms with Crippen molar-refractivity contribution in [2.75, 3.05) is 58.9 Å². The minimum Gasteiger partial charge on any atom is -0.374 e. The second-order valence-corrected chi connectivity index (χ2v) is 9.53. The van der Waals surface area contributed by atoms with Crippen molar-refractivity contribution in [3.05, 3.63) is 34.9 Å². The Hall–Kier alpha value is -1.89. The van der Waals surface area contributed by atoms with Gasteiger partial charge >= 0.3 is 12.4 Å². The lowest BCUT2D eigenvalue weighted by molar-refractivity contribution is -0.143. The summed E-state index contributed by atoms with van der Waals surface area (Å²) in [4.78, 5) is 20.3. The van der Waals surface area contributed by atoms with E-state index in [4.69, 9.17) is 0 Å². The SMILES string of the molecule is O=C(CN1CCN(C(O)c2cc(C(F)(F)F)cc(C(F)(F)F)c2)CC1)N1CCN(C2CCC2)CC1. The van der Waals surface area contributed by atoms with Gasteiger partial charge in [-0.05, 0) is 36.6 Å². The Labute approximate surface area is 200 Å². The van der Waals surface area contributed by atoms with Crippen LogP contribution in [0.2, 0.25) is 0 Å². The third-order valence-electron chi connectivity index (χ3n) is 7.28. The third kappa shape index (κ3) is 6.28. The fraction of sp³-hybridized carbons (Fsp3) is 0.696. The van der Waals surface area contributed by atoms with Crippen LogP contribution in [0.4, 0.5) is 26.3 Å². The van der Waals surface area contributed by atoms with E-state index in [1.54, 1.807) is 0 Å². The second kappa shape index (κ2) is 10.2. The van der Waals surface area contributed by atoms with Crippen LogP contribution in [0.3, 0.4) is 0 Å². The molecular weight excluding hydrogens is 478 g/mol. The molecule has 3 aliphatic rings. The Kier molecular flexibility index (Phi) is 7.65. The number of amides is 1. The molecule has 1 N–H and O–H groups in total. The topological polar surface area (TPSA) is 50.3 Å². The van der Waals surface area contributed by atoms with E-state index in [0.717, 1.165) is 13.1 Å². The highest BCUT2D eigenvalue weighted by atomic mass is 19.4. The van der Waals surface area contributed by atoms with Gasteiger partial charge in [0, 0.05) is 58.4 Å². The molecule has 1 amide bonds. The van der Waals surface area contributed by atoms with Crippen molar-refractivity contribution in [1.29, 1.82) is 0 Å². The van der Waals surface area contributed by atoms with E-state index in [2.05, 4.69) is 4.90 Å². The van der Waals surface area contributed by atoms with Crippen LogP contribution in [0.1, 0.15) is 42.2 Å². The van der Waals surface area contributed by atoms with Crippen molar-refractivity contribution in [3.63, 3.8) is 0 Å². The number of aliphatic hydroxyl groups is 1. The first-order valence-corrected chi connectivity index (χ1v) is 11.9. The summed E-state index contributed by atoms with van der Waals surface area (Å²) in [5.41, 5.74) is -3.37. The Morgan fingerprint density at radius 2 is 1.40 bits per heavy atom. The maximum absolute atomic E-state index is 13.1.